The molecule has 2 heteroatoms. The SMILES string of the molecule is Nc1ccccc1Cc1ccc2[nH]ccc2c1. The van der Waals surface area contributed by atoms with Gasteiger partial charge in [-0.25, -0.2) is 0 Å². The lowest BCUT2D eigenvalue weighted by atomic mass is 10.0. The number of aromatic amines is 1. The van der Waals surface area contributed by atoms with E-state index < -0.39 is 0 Å². The molecule has 0 aliphatic heterocycles. The smallest absolute Gasteiger partial charge is 0.0454 e. The van der Waals surface area contributed by atoms with Crippen LogP contribution < -0.4 is 5.73 Å². The van der Waals surface area contributed by atoms with E-state index in [0.29, 0.717) is 0 Å². The quantitative estimate of drug-likeness (QED) is 0.641. The van der Waals surface area contributed by atoms with Gasteiger partial charge in [0.05, 0.1) is 0 Å². The number of H-pyrrole nitrogens is 1. The Labute approximate surface area is 100 Å². The molecule has 0 atom stereocenters. The Balaban J connectivity index is 1.97. The summed E-state index contributed by atoms with van der Waals surface area (Å²) in [6, 6.07) is 16.6. The summed E-state index contributed by atoms with van der Waals surface area (Å²) in [5.41, 5.74) is 10.5. The zero-order valence-corrected chi connectivity index (χ0v) is 9.48. The van der Waals surface area contributed by atoms with Gasteiger partial charge >= 0.3 is 0 Å². The van der Waals surface area contributed by atoms with E-state index in [1.54, 1.807) is 0 Å². The molecule has 3 aromatic rings. The molecule has 0 aliphatic rings. The van der Waals surface area contributed by atoms with Gasteiger partial charge in [0.15, 0.2) is 0 Å². The number of aromatic nitrogens is 1. The van der Waals surface area contributed by atoms with Gasteiger partial charge in [-0.3, -0.25) is 0 Å². The lowest BCUT2D eigenvalue weighted by Gasteiger charge is -2.05. The molecule has 0 amide bonds. The minimum absolute atomic E-state index is 0.863. The highest BCUT2D eigenvalue weighted by atomic mass is 14.7. The van der Waals surface area contributed by atoms with Gasteiger partial charge in [-0.2, -0.15) is 0 Å². The molecule has 84 valence electrons. The average molecular weight is 222 g/mol. The molecule has 17 heavy (non-hydrogen) atoms. The third kappa shape index (κ3) is 1.89. The number of hydrogen-bond donors (Lipinski definition) is 2. The van der Waals surface area contributed by atoms with Gasteiger partial charge in [-0.05, 0) is 47.2 Å². The number of fused-ring (bicyclic) bond motifs is 1. The van der Waals surface area contributed by atoms with Crippen molar-refractivity contribution >= 4 is 16.6 Å². The van der Waals surface area contributed by atoms with Crippen LogP contribution in [0.2, 0.25) is 0 Å². The molecule has 0 fully saturated rings. The minimum atomic E-state index is 0.863. The molecule has 1 aromatic heterocycles. The van der Waals surface area contributed by atoms with Gasteiger partial charge in [0.2, 0.25) is 0 Å². The van der Waals surface area contributed by atoms with E-state index in [9.17, 15) is 0 Å². The first-order chi connectivity index (χ1) is 8.33. The monoisotopic (exact) mass is 222 g/mol. The van der Waals surface area contributed by atoms with Crippen LogP contribution in [0, 0.1) is 0 Å². The Morgan fingerprint density at radius 1 is 1.00 bits per heavy atom. The van der Waals surface area contributed by atoms with Crippen molar-refractivity contribution in [1.82, 2.24) is 4.98 Å². The number of nitrogens with one attached hydrogen (secondary N) is 1. The van der Waals surface area contributed by atoms with Crippen molar-refractivity contribution in [2.24, 2.45) is 0 Å². The molecule has 0 spiro atoms. The number of anilines is 1. The van der Waals surface area contributed by atoms with E-state index >= 15 is 0 Å². The normalized spacial score (nSPS) is 10.8. The summed E-state index contributed by atoms with van der Waals surface area (Å²) in [5, 5.41) is 1.25. The maximum Gasteiger partial charge on any atom is 0.0454 e. The van der Waals surface area contributed by atoms with Crippen LogP contribution in [-0.4, -0.2) is 4.98 Å². The summed E-state index contributed by atoms with van der Waals surface area (Å²) in [6.45, 7) is 0. The lowest BCUT2D eigenvalue weighted by molar-refractivity contribution is 1.20. The first-order valence-corrected chi connectivity index (χ1v) is 5.72. The van der Waals surface area contributed by atoms with Crippen molar-refractivity contribution in [3.63, 3.8) is 0 Å². The molecule has 2 nitrogen and oxygen atoms in total. The second-order valence-corrected chi connectivity index (χ2v) is 4.27. The van der Waals surface area contributed by atoms with E-state index in [1.807, 2.05) is 24.4 Å². The van der Waals surface area contributed by atoms with Gasteiger partial charge in [0.1, 0.15) is 0 Å². The van der Waals surface area contributed by atoms with Crippen molar-refractivity contribution < 1.29 is 0 Å². The van der Waals surface area contributed by atoms with Crippen LogP contribution in [0.5, 0.6) is 0 Å². The van der Waals surface area contributed by atoms with Crippen LogP contribution in [0.25, 0.3) is 10.9 Å². The Morgan fingerprint density at radius 3 is 2.76 bits per heavy atom. The molecule has 0 saturated carbocycles. The second kappa shape index (κ2) is 3.98. The number of rotatable bonds is 2. The largest absolute Gasteiger partial charge is 0.398 e. The highest BCUT2D eigenvalue weighted by molar-refractivity contribution is 5.80. The molecule has 1 heterocycles. The van der Waals surface area contributed by atoms with Gasteiger partial charge < -0.3 is 10.7 Å². The van der Waals surface area contributed by atoms with E-state index in [4.69, 9.17) is 5.73 Å². The van der Waals surface area contributed by atoms with Crippen LogP contribution in [0.3, 0.4) is 0 Å². The Kier molecular flexibility index (Phi) is 2.33. The third-order valence-electron chi connectivity index (χ3n) is 3.07. The second-order valence-electron chi connectivity index (χ2n) is 4.27. The van der Waals surface area contributed by atoms with Gasteiger partial charge in [0.25, 0.3) is 0 Å². The molecular weight excluding hydrogens is 208 g/mol. The molecule has 2 aromatic carbocycles. The topological polar surface area (TPSA) is 41.8 Å². The number of nitrogen functional groups attached to an aromatic ring is 1. The fraction of sp³-hybridized carbons (Fsp3) is 0.0667. The molecular formula is C15H14N2. The highest BCUT2D eigenvalue weighted by Gasteiger charge is 2.01. The highest BCUT2D eigenvalue weighted by Crippen LogP contribution is 2.19. The summed E-state index contributed by atoms with van der Waals surface area (Å²) in [4.78, 5) is 3.20. The predicted molar refractivity (Wildman–Crippen MR) is 72.0 cm³/mol. The van der Waals surface area contributed by atoms with E-state index in [2.05, 4.69) is 35.3 Å². The zero-order chi connectivity index (χ0) is 11.7. The molecule has 0 saturated heterocycles. The standard InChI is InChI=1S/C15H14N2/c16-14-4-2-1-3-12(14)9-11-5-6-15-13(10-11)7-8-17-15/h1-8,10,17H,9,16H2. The average Bonchev–Trinajstić information content (AvgIpc) is 2.79. The summed E-state index contributed by atoms with van der Waals surface area (Å²) in [7, 11) is 0. The fourth-order valence-electron chi connectivity index (χ4n) is 2.13. The lowest BCUT2D eigenvalue weighted by Crippen LogP contribution is -1.94. The van der Waals surface area contributed by atoms with Gasteiger partial charge in [0, 0.05) is 17.4 Å². The Bertz CT molecular complexity index is 653. The molecule has 3 N–H and O–H groups in total. The predicted octanol–water partition coefficient (Wildman–Crippen LogP) is 3.34. The number of para-hydroxylation sites is 1. The minimum Gasteiger partial charge on any atom is -0.398 e. The van der Waals surface area contributed by atoms with Gasteiger partial charge in [-0.15, -0.1) is 0 Å². The molecule has 0 aliphatic carbocycles. The maximum absolute atomic E-state index is 5.95. The first kappa shape index (κ1) is 9.97. The summed E-state index contributed by atoms with van der Waals surface area (Å²) < 4.78 is 0. The Morgan fingerprint density at radius 2 is 1.88 bits per heavy atom. The van der Waals surface area contributed by atoms with Crippen LogP contribution >= 0.6 is 0 Å². The maximum atomic E-state index is 5.95. The van der Waals surface area contributed by atoms with Crippen LogP contribution in [-0.2, 0) is 6.42 Å². The van der Waals surface area contributed by atoms with Crippen molar-refractivity contribution in [3.8, 4) is 0 Å². The third-order valence-corrected chi connectivity index (χ3v) is 3.07. The van der Waals surface area contributed by atoms with Crippen LogP contribution in [0.15, 0.2) is 54.7 Å². The van der Waals surface area contributed by atoms with Crippen molar-refractivity contribution in [1.29, 1.82) is 0 Å². The Hall–Kier alpha value is -2.22. The van der Waals surface area contributed by atoms with E-state index in [-0.39, 0.29) is 0 Å². The zero-order valence-electron chi connectivity index (χ0n) is 9.48. The van der Waals surface area contributed by atoms with Crippen molar-refractivity contribution in [3.05, 3.63) is 65.9 Å². The molecule has 3 rings (SSSR count). The summed E-state index contributed by atoms with van der Waals surface area (Å²) >= 11 is 0. The van der Waals surface area contributed by atoms with Gasteiger partial charge in [-0.1, -0.05) is 24.3 Å². The van der Waals surface area contributed by atoms with Crippen LogP contribution in [0.1, 0.15) is 11.1 Å². The number of benzene rings is 2. The molecule has 0 radical (unpaired) electrons. The molecule has 0 bridgehead atoms. The summed E-state index contributed by atoms with van der Waals surface area (Å²) in [6.07, 6.45) is 2.85. The van der Waals surface area contributed by atoms with E-state index in [1.165, 1.54) is 22.0 Å². The molecule has 0 unspecified atom stereocenters. The van der Waals surface area contributed by atoms with Crippen LogP contribution in [0.4, 0.5) is 5.69 Å². The number of hydrogen-bond acceptors (Lipinski definition) is 1. The first-order valence-electron chi connectivity index (χ1n) is 5.72. The van der Waals surface area contributed by atoms with Crippen molar-refractivity contribution in [2.75, 3.05) is 5.73 Å². The summed E-state index contributed by atoms with van der Waals surface area (Å²) in [5.74, 6) is 0. The number of nitrogens with two attached hydrogens (primary N) is 1. The van der Waals surface area contributed by atoms with E-state index in [0.717, 1.165) is 12.1 Å². The fourth-order valence-corrected chi connectivity index (χ4v) is 2.13. The van der Waals surface area contributed by atoms with Crippen molar-refractivity contribution in [2.45, 2.75) is 6.42 Å².